The van der Waals surface area contributed by atoms with Crippen LogP contribution in [0.1, 0.15) is 31.5 Å². The highest BCUT2D eigenvalue weighted by Gasteiger charge is 2.16. The molecule has 3 heterocycles. The summed E-state index contributed by atoms with van der Waals surface area (Å²) in [5.74, 6) is 0.930. The number of rotatable bonds is 7. The van der Waals surface area contributed by atoms with Crippen molar-refractivity contribution in [2.45, 2.75) is 33.7 Å². The molecule has 8 nitrogen and oxygen atoms in total. The SMILES string of the molecule is C=C/C(=C\N=C(OC)C(C)CC)c1cc(C)c2c(O)n(-c3cnn(CC#N)c3)cc2n1. The van der Waals surface area contributed by atoms with E-state index in [2.05, 4.69) is 30.5 Å². The Hall–Kier alpha value is -3.86. The minimum Gasteiger partial charge on any atom is -0.494 e. The van der Waals surface area contributed by atoms with Crippen LogP contribution in [0.2, 0.25) is 0 Å². The smallest absolute Gasteiger partial charge is 0.205 e. The summed E-state index contributed by atoms with van der Waals surface area (Å²) >= 11 is 0. The Bertz CT molecular complexity index is 1210. The molecular weight excluding hydrogens is 392 g/mol. The highest BCUT2D eigenvalue weighted by atomic mass is 16.5. The average Bonchev–Trinajstić information content (AvgIpc) is 3.35. The number of aromatic hydroxyl groups is 1. The molecule has 1 atom stereocenters. The van der Waals surface area contributed by atoms with Crippen LogP contribution in [0.15, 0.2) is 48.5 Å². The minimum atomic E-state index is 0.0728. The van der Waals surface area contributed by atoms with E-state index in [0.717, 1.165) is 17.6 Å². The van der Waals surface area contributed by atoms with Crippen LogP contribution in [0.4, 0.5) is 0 Å². The molecule has 160 valence electrons. The maximum absolute atomic E-state index is 10.8. The number of methoxy groups -OCH3 is 1. The Morgan fingerprint density at radius 3 is 2.87 bits per heavy atom. The number of ether oxygens (including phenoxy) is 1. The number of nitrogens with zero attached hydrogens (tertiary/aromatic N) is 6. The molecule has 0 saturated carbocycles. The van der Waals surface area contributed by atoms with Gasteiger partial charge in [0.05, 0.1) is 47.9 Å². The van der Waals surface area contributed by atoms with Crippen LogP contribution in [0.25, 0.3) is 22.2 Å². The predicted octanol–water partition coefficient (Wildman–Crippen LogP) is 4.38. The molecule has 31 heavy (non-hydrogen) atoms. The zero-order chi connectivity index (χ0) is 22.5. The van der Waals surface area contributed by atoms with E-state index >= 15 is 0 Å². The number of hydrogen-bond acceptors (Lipinski definition) is 6. The van der Waals surface area contributed by atoms with E-state index in [1.165, 1.54) is 4.68 Å². The number of fused-ring (bicyclic) bond motifs is 1. The molecule has 3 aromatic heterocycles. The van der Waals surface area contributed by atoms with Crippen molar-refractivity contribution in [2.75, 3.05) is 7.11 Å². The van der Waals surface area contributed by atoms with Crippen LogP contribution in [0.3, 0.4) is 0 Å². The first-order valence-corrected chi connectivity index (χ1v) is 9.99. The fourth-order valence-corrected chi connectivity index (χ4v) is 3.28. The molecule has 1 unspecified atom stereocenters. The van der Waals surface area contributed by atoms with Gasteiger partial charge in [-0.2, -0.15) is 10.4 Å². The quantitative estimate of drug-likeness (QED) is 0.349. The zero-order valence-corrected chi connectivity index (χ0v) is 18.2. The number of aryl methyl sites for hydroxylation is 1. The third kappa shape index (κ3) is 4.36. The number of nitriles is 1. The maximum Gasteiger partial charge on any atom is 0.205 e. The van der Waals surface area contributed by atoms with Gasteiger partial charge in [-0.15, -0.1) is 0 Å². The standard InChI is InChI=1S/C23H26N6O2/c1-6-15(3)22(31-5)25-11-17(7-2)19-10-16(4)21-20(27-19)14-29(23(21)30)18-12-26-28(13-18)9-8-24/h7,10-15,30H,2,6,9H2,1,3-5H3/b17-11+,25-22?. The van der Waals surface area contributed by atoms with E-state index in [-0.39, 0.29) is 18.3 Å². The van der Waals surface area contributed by atoms with E-state index in [1.807, 2.05) is 19.1 Å². The normalized spacial score (nSPS) is 13.3. The van der Waals surface area contributed by atoms with E-state index < -0.39 is 0 Å². The fraction of sp³-hybridized carbons (Fsp3) is 0.304. The molecule has 0 radical (unpaired) electrons. The minimum absolute atomic E-state index is 0.0728. The summed E-state index contributed by atoms with van der Waals surface area (Å²) in [6, 6.07) is 3.93. The van der Waals surface area contributed by atoms with E-state index in [1.54, 1.807) is 42.5 Å². The van der Waals surface area contributed by atoms with Crippen LogP contribution in [-0.4, -0.2) is 37.4 Å². The molecule has 0 fully saturated rings. The van der Waals surface area contributed by atoms with E-state index in [4.69, 9.17) is 15.0 Å². The fourth-order valence-electron chi connectivity index (χ4n) is 3.28. The summed E-state index contributed by atoms with van der Waals surface area (Å²) in [6.45, 7) is 10.1. The molecule has 0 saturated heterocycles. The molecular formula is C23H26N6O2. The van der Waals surface area contributed by atoms with Gasteiger partial charge < -0.3 is 9.84 Å². The van der Waals surface area contributed by atoms with Gasteiger partial charge in [-0.05, 0) is 25.0 Å². The lowest BCUT2D eigenvalue weighted by Gasteiger charge is -2.10. The summed E-state index contributed by atoms with van der Waals surface area (Å²) in [4.78, 5) is 9.21. The lowest BCUT2D eigenvalue weighted by molar-refractivity contribution is 0.368. The topological polar surface area (TPSA) is 101 Å². The molecule has 0 spiro atoms. The highest BCUT2D eigenvalue weighted by molar-refractivity contribution is 5.91. The van der Waals surface area contributed by atoms with Crippen LogP contribution in [0, 0.1) is 24.2 Å². The number of pyridine rings is 1. The van der Waals surface area contributed by atoms with Gasteiger partial charge >= 0.3 is 0 Å². The molecule has 0 aliphatic heterocycles. The van der Waals surface area contributed by atoms with Crippen molar-refractivity contribution in [3.63, 3.8) is 0 Å². The lowest BCUT2D eigenvalue weighted by Crippen LogP contribution is -2.11. The van der Waals surface area contributed by atoms with Gasteiger partial charge in [0.2, 0.25) is 5.88 Å². The Balaban J connectivity index is 2.07. The van der Waals surface area contributed by atoms with Crippen LogP contribution < -0.4 is 0 Å². The molecule has 0 amide bonds. The molecule has 3 rings (SSSR count). The second-order valence-electron chi connectivity index (χ2n) is 7.23. The van der Waals surface area contributed by atoms with Gasteiger partial charge in [0.25, 0.3) is 0 Å². The Morgan fingerprint density at radius 2 is 2.23 bits per heavy atom. The van der Waals surface area contributed by atoms with Crippen molar-refractivity contribution in [1.82, 2.24) is 19.3 Å². The van der Waals surface area contributed by atoms with Crippen molar-refractivity contribution in [1.29, 1.82) is 5.26 Å². The third-order valence-corrected chi connectivity index (χ3v) is 5.17. The zero-order valence-electron chi connectivity index (χ0n) is 18.2. The van der Waals surface area contributed by atoms with E-state index in [9.17, 15) is 5.11 Å². The van der Waals surface area contributed by atoms with Gasteiger partial charge in [0, 0.05) is 23.9 Å². The highest BCUT2D eigenvalue weighted by Crippen LogP contribution is 2.33. The lowest BCUT2D eigenvalue weighted by atomic mass is 10.1. The first-order valence-electron chi connectivity index (χ1n) is 9.99. The summed E-state index contributed by atoms with van der Waals surface area (Å²) in [5.41, 5.74) is 3.59. The van der Waals surface area contributed by atoms with E-state index in [0.29, 0.717) is 28.2 Å². The first kappa shape index (κ1) is 21.8. The monoisotopic (exact) mass is 418 g/mol. The molecule has 0 aromatic carbocycles. The molecule has 1 N–H and O–H groups in total. The Morgan fingerprint density at radius 1 is 1.45 bits per heavy atom. The number of aromatic nitrogens is 4. The first-order chi connectivity index (χ1) is 14.9. The van der Waals surface area contributed by atoms with Crippen molar-refractivity contribution in [2.24, 2.45) is 10.9 Å². The molecule has 0 aliphatic rings. The van der Waals surface area contributed by atoms with Gasteiger partial charge in [0.1, 0.15) is 6.54 Å². The van der Waals surface area contributed by atoms with Crippen molar-refractivity contribution in [3.8, 4) is 17.6 Å². The third-order valence-electron chi connectivity index (χ3n) is 5.17. The summed E-state index contributed by atoms with van der Waals surface area (Å²) < 4.78 is 8.52. The van der Waals surface area contributed by atoms with Crippen molar-refractivity contribution >= 4 is 22.4 Å². The van der Waals surface area contributed by atoms with Gasteiger partial charge in [-0.3, -0.25) is 9.25 Å². The van der Waals surface area contributed by atoms with Crippen LogP contribution in [0.5, 0.6) is 5.88 Å². The Kier molecular flexibility index (Phi) is 6.55. The molecule has 8 heteroatoms. The molecule has 0 bridgehead atoms. The van der Waals surface area contributed by atoms with Crippen molar-refractivity contribution < 1.29 is 9.84 Å². The second kappa shape index (κ2) is 9.30. The van der Waals surface area contributed by atoms with Crippen molar-refractivity contribution in [3.05, 3.63) is 54.8 Å². The number of hydrogen-bond donors (Lipinski definition) is 1. The summed E-state index contributed by atoms with van der Waals surface area (Å²) in [7, 11) is 1.62. The number of aliphatic imine (C=N–C) groups is 1. The van der Waals surface area contributed by atoms with Crippen LogP contribution in [-0.2, 0) is 11.3 Å². The summed E-state index contributed by atoms with van der Waals surface area (Å²) in [6.07, 6.45) is 9.36. The molecule has 0 aliphatic carbocycles. The predicted molar refractivity (Wildman–Crippen MR) is 121 cm³/mol. The Labute approximate surface area is 181 Å². The number of allylic oxidation sites excluding steroid dienone is 2. The van der Waals surface area contributed by atoms with Crippen LogP contribution >= 0.6 is 0 Å². The van der Waals surface area contributed by atoms with Gasteiger partial charge in [-0.1, -0.05) is 26.5 Å². The summed E-state index contributed by atoms with van der Waals surface area (Å²) in [5, 5.41) is 24.4. The maximum atomic E-state index is 10.8. The van der Waals surface area contributed by atoms with Gasteiger partial charge in [-0.25, -0.2) is 9.98 Å². The second-order valence-corrected chi connectivity index (χ2v) is 7.23. The molecule has 3 aromatic rings. The largest absolute Gasteiger partial charge is 0.494 e. The van der Waals surface area contributed by atoms with Gasteiger partial charge in [0.15, 0.2) is 5.90 Å². The average molecular weight is 419 g/mol.